The van der Waals surface area contributed by atoms with Gasteiger partial charge >= 0.3 is 0 Å². The van der Waals surface area contributed by atoms with Gasteiger partial charge in [-0.05, 0) is 44.0 Å². The Bertz CT molecular complexity index is 970. The predicted molar refractivity (Wildman–Crippen MR) is 102 cm³/mol. The molecule has 1 N–H and O–H groups in total. The summed E-state index contributed by atoms with van der Waals surface area (Å²) >= 11 is 0. The summed E-state index contributed by atoms with van der Waals surface area (Å²) in [7, 11) is 1.61. The Labute approximate surface area is 157 Å². The van der Waals surface area contributed by atoms with Gasteiger partial charge in [-0.1, -0.05) is 6.07 Å². The first-order valence-electron chi connectivity index (χ1n) is 9.03. The van der Waals surface area contributed by atoms with Gasteiger partial charge in [-0.2, -0.15) is 4.52 Å². The second-order valence-corrected chi connectivity index (χ2v) is 6.72. The van der Waals surface area contributed by atoms with Crippen molar-refractivity contribution < 1.29 is 9.53 Å². The number of methoxy groups -OCH3 is 1. The number of fused-ring (bicyclic) bond motifs is 1. The van der Waals surface area contributed by atoms with Crippen molar-refractivity contribution in [1.29, 1.82) is 0 Å². The van der Waals surface area contributed by atoms with Gasteiger partial charge in [-0.15, -0.1) is 15.3 Å². The van der Waals surface area contributed by atoms with E-state index in [0.717, 1.165) is 48.1 Å². The number of nitrogens with one attached hydrogen (secondary N) is 1. The fraction of sp³-hybridized carbons (Fsp3) is 0.368. The largest absolute Gasteiger partial charge is 0.497 e. The molecule has 3 aromatic rings. The highest BCUT2D eigenvalue weighted by Crippen LogP contribution is 2.24. The zero-order chi connectivity index (χ0) is 18.8. The third-order valence-electron chi connectivity index (χ3n) is 4.86. The highest BCUT2D eigenvalue weighted by Gasteiger charge is 2.27. The number of hydrogen-bond donors (Lipinski definition) is 1. The molecule has 140 valence electrons. The van der Waals surface area contributed by atoms with E-state index in [-0.39, 0.29) is 11.8 Å². The third-order valence-corrected chi connectivity index (χ3v) is 4.86. The molecule has 1 atom stereocenters. The molecule has 1 amide bonds. The number of ether oxygens (including phenoxy) is 1. The van der Waals surface area contributed by atoms with Gasteiger partial charge in [0.2, 0.25) is 5.91 Å². The molecule has 4 rings (SSSR count). The van der Waals surface area contributed by atoms with Crippen LogP contribution in [-0.4, -0.2) is 45.9 Å². The molecule has 0 bridgehead atoms. The van der Waals surface area contributed by atoms with E-state index in [4.69, 9.17) is 4.74 Å². The van der Waals surface area contributed by atoms with Gasteiger partial charge in [-0.25, -0.2) is 0 Å². The standard InChI is InChI=1S/C19H22N6O2/c1-13-21-22-17-8-9-18(23-25(13)17)24-10-4-5-14(12-24)19(26)20-15-6-3-7-16(11-15)27-2/h3,6-9,11,14H,4-5,10,12H2,1-2H3,(H,20,26). The van der Waals surface area contributed by atoms with E-state index in [0.29, 0.717) is 6.54 Å². The molecule has 0 radical (unpaired) electrons. The van der Waals surface area contributed by atoms with E-state index in [1.54, 1.807) is 11.6 Å². The van der Waals surface area contributed by atoms with Gasteiger partial charge in [0, 0.05) is 24.8 Å². The number of piperidine rings is 1. The number of anilines is 2. The number of carbonyl (C=O) groups is 1. The van der Waals surface area contributed by atoms with Crippen LogP contribution in [0.25, 0.3) is 5.65 Å². The number of amides is 1. The van der Waals surface area contributed by atoms with Crippen LogP contribution in [0.4, 0.5) is 11.5 Å². The Morgan fingerprint density at radius 2 is 2.15 bits per heavy atom. The summed E-state index contributed by atoms with van der Waals surface area (Å²) in [6, 6.07) is 11.2. The Balaban J connectivity index is 1.48. The van der Waals surface area contributed by atoms with Crippen molar-refractivity contribution in [2.24, 2.45) is 5.92 Å². The Kier molecular flexibility index (Phi) is 4.62. The number of aryl methyl sites for hydroxylation is 1. The maximum Gasteiger partial charge on any atom is 0.229 e. The molecule has 3 heterocycles. The first kappa shape index (κ1) is 17.3. The molecule has 1 fully saturated rings. The Morgan fingerprint density at radius 1 is 1.26 bits per heavy atom. The average molecular weight is 366 g/mol. The second kappa shape index (κ2) is 7.22. The third kappa shape index (κ3) is 3.55. The molecule has 1 saturated heterocycles. The summed E-state index contributed by atoms with van der Waals surface area (Å²) in [5.41, 5.74) is 1.47. The summed E-state index contributed by atoms with van der Waals surface area (Å²) in [4.78, 5) is 14.9. The highest BCUT2D eigenvalue weighted by atomic mass is 16.5. The van der Waals surface area contributed by atoms with E-state index in [2.05, 4.69) is 25.5 Å². The Hall–Kier alpha value is -3.16. The molecule has 1 aliphatic rings. The molecule has 8 heteroatoms. The SMILES string of the molecule is COc1cccc(NC(=O)C2CCCN(c3ccc4nnc(C)n4n3)C2)c1. The number of aromatic nitrogens is 4. The van der Waals surface area contributed by atoms with E-state index in [1.807, 2.05) is 43.3 Å². The van der Waals surface area contributed by atoms with E-state index in [9.17, 15) is 4.79 Å². The molecule has 1 aromatic carbocycles. The van der Waals surface area contributed by atoms with Crippen LogP contribution >= 0.6 is 0 Å². The lowest BCUT2D eigenvalue weighted by atomic mass is 9.97. The number of nitrogens with zero attached hydrogens (tertiary/aromatic N) is 5. The molecule has 1 aliphatic heterocycles. The van der Waals surface area contributed by atoms with Crippen molar-refractivity contribution in [2.75, 3.05) is 30.4 Å². The molecule has 1 unspecified atom stereocenters. The minimum atomic E-state index is -0.0931. The number of rotatable bonds is 4. The fourth-order valence-corrected chi connectivity index (χ4v) is 3.40. The zero-order valence-electron chi connectivity index (χ0n) is 15.4. The molecule has 0 aliphatic carbocycles. The molecule has 0 saturated carbocycles. The van der Waals surface area contributed by atoms with Crippen LogP contribution in [0.1, 0.15) is 18.7 Å². The van der Waals surface area contributed by atoms with Crippen LogP contribution in [-0.2, 0) is 4.79 Å². The average Bonchev–Trinajstić information content (AvgIpc) is 3.08. The Morgan fingerprint density at radius 3 is 3.00 bits per heavy atom. The van der Waals surface area contributed by atoms with Gasteiger partial charge in [0.1, 0.15) is 11.6 Å². The lowest BCUT2D eigenvalue weighted by Crippen LogP contribution is -2.41. The summed E-state index contributed by atoms with van der Waals surface area (Å²) in [5, 5.41) is 15.7. The number of benzene rings is 1. The number of carbonyl (C=O) groups excluding carboxylic acids is 1. The van der Waals surface area contributed by atoms with Crippen molar-refractivity contribution >= 4 is 23.1 Å². The van der Waals surface area contributed by atoms with E-state index in [1.165, 1.54) is 0 Å². The van der Waals surface area contributed by atoms with Crippen molar-refractivity contribution in [3.05, 3.63) is 42.2 Å². The van der Waals surface area contributed by atoms with Crippen molar-refractivity contribution in [3.8, 4) is 5.75 Å². The van der Waals surface area contributed by atoms with Crippen LogP contribution in [0.3, 0.4) is 0 Å². The molecule has 2 aromatic heterocycles. The number of hydrogen-bond acceptors (Lipinski definition) is 6. The van der Waals surface area contributed by atoms with E-state index < -0.39 is 0 Å². The first-order chi connectivity index (χ1) is 13.1. The van der Waals surface area contributed by atoms with Crippen LogP contribution in [0, 0.1) is 12.8 Å². The highest BCUT2D eigenvalue weighted by molar-refractivity contribution is 5.93. The fourth-order valence-electron chi connectivity index (χ4n) is 3.40. The molecule has 0 spiro atoms. The smallest absolute Gasteiger partial charge is 0.229 e. The molecular formula is C19H22N6O2. The van der Waals surface area contributed by atoms with Crippen LogP contribution in [0.2, 0.25) is 0 Å². The predicted octanol–water partition coefficient (Wildman–Crippen LogP) is 2.30. The van der Waals surface area contributed by atoms with Crippen molar-refractivity contribution in [1.82, 2.24) is 19.8 Å². The second-order valence-electron chi connectivity index (χ2n) is 6.72. The van der Waals surface area contributed by atoms with Crippen LogP contribution < -0.4 is 15.0 Å². The van der Waals surface area contributed by atoms with E-state index >= 15 is 0 Å². The van der Waals surface area contributed by atoms with Gasteiger partial charge in [0.25, 0.3) is 0 Å². The van der Waals surface area contributed by atoms with Gasteiger partial charge in [0.05, 0.1) is 13.0 Å². The summed E-state index contributed by atoms with van der Waals surface area (Å²) in [6.07, 6.45) is 1.80. The summed E-state index contributed by atoms with van der Waals surface area (Å²) in [6.45, 7) is 3.38. The molecule has 8 nitrogen and oxygen atoms in total. The van der Waals surface area contributed by atoms with Crippen molar-refractivity contribution in [3.63, 3.8) is 0 Å². The minimum Gasteiger partial charge on any atom is -0.497 e. The van der Waals surface area contributed by atoms with Crippen molar-refractivity contribution in [2.45, 2.75) is 19.8 Å². The quantitative estimate of drug-likeness (QED) is 0.763. The minimum absolute atomic E-state index is 0.0227. The van der Waals surface area contributed by atoms with Crippen LogP contribution in [0.15, 0.2) is 36.4 Å². The summed E-state index contributed by atoms with van der Waals surface area (Å²) in [5.74, 6) is 2.24. The van der Waals surface area contributed by atoms with Gasteiger partial charge in [-0.3, -0.25) is 4.79 Å². The van der Waals surface area contributed by atoms with Gasteiger partial charge < -0.3 is 15.0 Å². The maximum atomic E-state index is 12.7. The lowest BCUT2D eigenvalue weighted by Gasteiger charge is -2.32. The lowest BCUT2D eigenvalue weighted by molar-refractivity contribution is -0.120. The zero-order valence-corrected chi connectivity index (χ0v) is 15.4. The van der Waals surface area contributed by atoms with Gasteiger partial charge in [0.15, 0.2) is 11.5 Å². The molecule has 27 heavy (non-hydrogen) atoms. The normalized spacial score (nSPS) is 17.1. The topological polar surface area (TPSA) is 84.6 Å². The van der Waals surface area contributed by atoms with Crippen LogP contribution in [0.5, 0.6) is 5.75 Å². The maximum absolute atomic E-state index is 12.7. The first-order valence-corrected chi connectivity index (χ1v) is 9.03. The summed E-state index contributed by atoms with van der Waals surface area (Å²) < 4.78 is 6.95. The molecular weight excluding hydrogens is 344 g/mol. The monoisotopic (exact) mass is 366 g/mol.